The van der Waals surface area contributed by atoms with Crippen molar-refractivity contribution in [2.75, 3.05) is 32.9 Å². The first-order chi connectivity index (χ1) is 13.1. The molecule has 1 atom stereocenters. The van der Waals surface area contributed by atoms with Gasteiger partial charge in [-0.2, -0.15) is 0 Å². The standard InChI is InChI=1S/C20H25N3O4/c1-13-19(14(2)27-22-13)17-5-3-4-16(21-17)18-12-23(8-11-26-18)20(24)15-6-9-25-10-7-15/h3-5,15,18H,6-12H2,1-2H3. The van der Waals surface area contributed by atoms with E-state index in [1.54, 1.807) is 0 Å². The van der Waals surface area contributed by atoms with Crippen molar-refractivity contribution >= 4 is 5.91 Å². The van der Waals surface area contributed by atoms with Crippen molar-refractivity contribution in [3.8, 4) is 11.3 Å². The lowest BCUT2D eigenvalue weighted by Crippen LogP contribution is -2.46. The third-order valence-corrected chi connectivity index (χ3v) is 5.34. The van der Waals surface area contributed by atoms with Gasteiger partial charge in [-0.1, -0.05) is 11.2 Å². The molecule has 144 valence electrons. The van der Waals surface area contributed by atoms with E-state index in [0.29, 0.717) is 32.9 Å². The number of nitrogens with zero attached hydrogens (tertiary/aromatic N) is 3. The fraction of sp³-hybridized carbons (Fsp3) is 0.550. The molecule has 0 aliphatic carbocycles. The largest absolute Gasteiger partial charge is 0.381 e. The molecule has 7 nitrogen and oxygen atoms in total. The van der Waals surface area contributed by atoms with Crippen LogP contribution >= 0.6 is 0 Å². The zero-order valence-electron chi connectivity index (χ0n) is 15.8. The van der Waals surface area contributed by atoms with Crippen LogP contribution in [-0.2, 0) is 14.3 Å². The average Bonchev–Trinajstić information content (AvgIpc) is 3.06. The summed E-state index contributed by atoms with van der Waals surface area (Å²) in [5, 5.41) is 4.01. The SMILES string of the molecule is Cc1noc(C)c1-c1cccc(C2CN(C(=O)C3CCOCC3)CCO2)n1. The minimum atomic E-state index is -0.219. The Hall–Kier alpha value is -2.25. The van der Waals surface area contributed by atoms with E-state index in [4.69, 9.17) is 19.0 Å². The van der Waals surface area contributed by atoms with E-state index >= 15 is 0 Å². The summed E-state index contributed by atoms with van der Waals surface area (Å²) in [7, 11) is 0. The molecule has 27 heavy (non-hydrogen) atoms. The van der Waals surface area contributed by atoms with Crippen molar-refractivity contribution < 1.29 is 18.8 Å². The lowest BCUT2D eigenvalue weighted by molar-refractivity contribution is -0.146. The molecule has 2 fully saturated rings. The van der Waals surface area contributed by atoms with Crippen molar-refractivity contribution in [3.63, 3.8) is 0 Å². The summed E-state index contributed by atoms with van der Waals surface area (Å²) in [4.78, 5) is 19.6. The summed E-state index contributed by atoms with van der Waals surface area (Å²) in [6.07, 6.45) is 1.39. The zero-order chi connectivity index (χ0) is 18.8. The molecule has 4 rings (SSSR count). The van der Waals surface area contributed by atoms with Gasteiger partial charge in [-0.3, -0.25) is 4.79 Å². The average molecular weight is 371 g/mol. The summed E-state index contributed by atoms with van der Waals surface area (Å²) in [5.41, 5.74) is 3.39. The van der Waals surface area contributed by atoms with Crippen molar-refractivity contribution in [1.82, 2.24) is 15.0 Å². The van der Waals surface area contributed by atoms with Crippen molar-refractivity contribution in [2.24, 2.45) is 5.92 Å². The third-order valence-electron chi connectivity index (χ3n) is 5.34. The number of carbonyl (C=O) groups excluding carboxylic acids is 1. The molecule has 0 aromatic carbocycles. The number of pyridine rings is 1. The predicted octanol–water partition coefficient (Wildman–Crippen LogP) is 2.68. The Morgan fingerprint density at radius 3 is 2.74 bits per heavy atom. The summed E-state index contributed by atoms with van der Waals surface area (Å²) < 4.78 is 16.6. The second-order valence-corrected chi connectivity index (χ2v) is 7.18. The fourth-order valence-electron chi connectivity index (χ4n) is 3.85. The maximum atomic E-state index is 12.8. The number of rotatable bonds is 3. The number of morpholine rings is 1. The molecule has 0 spiro atoms. The Morgan fingerprint density at radius 1 is 1.19 bits per heavy atom. The van der Waals surface area contributed by atoms with Crippen molar-refractivity contribution in [3.05, 3.63) is 35.3 Å². The summed E-state index contributed by atoms with van der Waals surface area (Å²) >= 11 is 0. The normalized spacial score (nSPS) is 21.4. The molecule has 0 bridgehead atoms. The highest BCUT2D eigenvalue weighted by Gasteiger charge is 2.31. The van der Waals surface area contributed by atoms with Crippen LogP contribution in [0.3, 0.4) is 0 Å². The van der Waals surface area contributed by atoms with Gasteiger partial charge in [0.25, 0.3) is 0 Å². The smallest absolute Gasteiger partial charge is 0.226 e. The Morgan fingerprint density at radius 2 is 2.00 bits per heavy atom. The molecule has 1 unspecified atom stereocenters. The zero-order valence-corrected chi connectivity index (χ0v) is 15.8. The van der Waals surface area contributed by atoms with E-state index in [1.807, 2.05) is 36.9 Å². The molecular weight excluding hydrogens is 346 g/mol. The minimum absolute atomic E-state index is 0.0686. The van der Waals surface area contributed by atoms with Gasteiger partial charge in [-0.25, -0.2) is 4.98 Å². The van der Waals surface area contributed by atoms with Crippen LogP contribution in [0.5, 0.6) is 0 Å². The highest BCUT2D eigenvalue weighted by atomic mass is 16.5. The Labute approximate surface area is 158 Å². The van der Waals surface area contributed by atoms with Crippen LogP contribution in [0.1, 0.15) is 36.1 Å². The van der Waals surface area contributed by atoms with Gasteiger partial charge in [-0.05, 0) is 38.8 Å². The van der Waals surface area contributed by atoms with Crippen molar-refractivity contribution in [1.29, 1.82) is 0 Å². The predicted molar refractivity (Wildman–Crippen MR) is 98.0 cm³/mol. The van der Waals surface area contributed by atoms with Gasteiger partial charge in [0.1, 0.15) is 11.9 Å². The van der Waals surface area contributed by atoms with Gasteiger partial charge in [-0.15, -0.1) is 0 Å². The molecule has 0 saturated carbocycles. The highest BCUT2D eigenvalue weighted by molar-refractivity contribution is 5.79. The van der Waals surface area contributed by atoms with Crippen LogP contribution in [0, 0.1) is 19.8 Å². The maximum absolute atomic E-state index is 12.8. The van der Waals surface area contributed by atoms with Gasteiger partial charge in [0.2, 0.25) is 5.91 Å². The van der Waals surface area contributed by atoms with E-state index in [2.05, 4.69) is 5.16 Å². The first-order valence-corrected chi connectivity index (χ1v) is 9.52. The van der Waals surface area contributed by atoms with Gasteiger partial charge >= 0.3 is 0 Å². The van der Waals surface area contributed by atoms with E-state index in [9.17, 15) is 4.79 Å². The molecule has 2 aromatic rings. The molecule has 2 saturated heterocycles. The number of hydrogen-bond donors (Lipinski definition) is 0. The second kappa shape index (κ2) is 7.78. The third kappa shape index (κ3) is 3.75. The molecule has 1 amide bonds. The van der Waals surface area contributed by atoms with Gasteiger partial charge < -0.3 is 18.9 Å². The van der Waals surface area contributed by atoms with Crippen molar-refractivity contribution in [2.45, 2.75) is 32.8 Å². The molecule has 2 aromatic heterocycles. The number of carbonyl (C=O) groups is 1. The Balaban J connectivity index is 1.51. The van der Waals surface area contributed by atoms with E-state index < -0.39 is 0 Å². The number of aromatic nitrogens is 2. The van der Waals surface area contributed by atoms with Crippen LogP contribution in [0.15, 0.2) is 22.7 Å². The number of amides is 1. The molecule has 4 heterocycles. The number of hydrogen-bond acceptors (Lipinski definition) is 6. The van der Waals surface area contributed by atoms with E-state index in [1.165, 1.54) is 0 Å². The van der Waals surface area contributed by atoms with E-state index in [-0.39, 0.29) is 17.9 Å². The van der Waals surface area contributed by atoms with Gasteiger partial charge in [0.15, 0.2) is 0 Å². The van der Waals surface area contributed by atoms with Crippen LogP contribution in [-0.4, -0.2) is 53.9 Å². The number of ether oxygens (including phenoxy) is 2. The summed E-state index contributed by atoms with van der Waals surface area (Å²) in [6, 6.07) is 5.87. The second-order valence-electron chi connectivity index (χ2n) is 7.18. The molecule has 0 N–H and O–H groups in total. The van der Waals surface area contributed by atoms with Gasteiger partial charge in [0.05, 0.1) is 35.8 Å². The van der Waals surface area contributed by atoms with E-state index in [0.717, 1.165) is 41.2 Å². The quantitative estimate of drug-likeness (QED) is 0.825. The lowest BCUT2D eigenvalue weighted by Gasteiger charge is -2.35. The van der Waals surface area contributed by atoms with Crippen LogP contribution in [0.25, 0.3) is 11.3 Å². The molecule has 0 radical (unpaired) electrons. The topological polar surface area (TPSA) is 77.7 Å². The first-order valence-electron chi connectivity index (χ1n) is 9.52. The number of aryl methyl sites for hydroxylation is 2. The summed E-state index contributed by atoms with van der Waals surface area (Å²) in [5.74, 6) is 1.03. The molecule has 2 aliphatic heterocycles. The van der Waals surface area contributed by atoms with Crippen LogP contribution < -0.4 is 0 Å². The Bertz CT molecular complexity index is 794. The highest BCUT2D eigenvalue weighted by Crippen LogP contribution is 2.29. The summed E-state index contributed by atoms with van der Waals surface area (Å²) in [6.45, 7) is 6.83. The maximum Gasteiger partial charge on any atom is 0.226 e. The fourth-order valence-corrected chi connectivity index (χ4v) is 3.85. The Kier molecular flexibility index (Phi) is 5.22. The van der Waals surface area contributed by atoms with Crippen LogP contribution in [0.4, 0.5) is 0 Å². The van der Waals surface area contributed by atoms with Gasteiger partial charge in [0, 0.05) is 25.7 Å². The first kappa shape index (κ1) is 18.1. The molecular formula is C20H25N3O4. The lowest BCUT2D eigenvalue weighted by atomic mass is 9.98. The monoisotopic (exact) mass is 371 g/mol. The van der Waals surface area contributed by atoms with Crippen LogP contribution in [0.2, 0.25) is 0 Å². The molecule has 2 aliphatic rings. The molecule has 7 heteroatoms. The minimum Gasteiger partial charge on any atom is -0.381 e.